The van der Waals surface area contributed by atoms with Gasteiger partial charge in [0, 0.05) is 5.56 Å². The smallest absolute Gasteiger partial charge is 0.182 e. The van der Waals surface area contributed by atoms with Crippen molar-refractivity contribution in [3.8, 4) is 0 Å². The van der Waals surface area contributed by atoms with Gasteiger partial charge in [0.2, 0.25) is 0 Å². The minimum atomic E-state index is -3.39. The highest BCUT2D eigenvalue weighted by Crippen LogP contribution is 2.19. The van der Waals surface area contributed by atoms with Crippen LogP contribution in [-0.4, -0.2) is 14.2 Å². The van der Waals surface area contributed by atoms with E-state index in [4.69, 9.17) is 0 Å². The lowest BCUT2D eigenvalue weighted by Crippen LogP contribution is -2.06. The van der Waals surface area contributed by atoms with E-state index in [1.54, 1.807) is 12.1 Å². The first-order chi connectivity index (χ1) is 9.40. The molecule has 4 heteroatoms. The minimum Gasteiger partial charge on any atom is -0.295 e. The van der Waals surface area contributed by atoms with E-state index in [-0.39, 0.29) is 16.4 Å². The number of hydrogen-bond donors (Lipinski definition) is 0. The first-order valence-corrected chi connectivity index (χ1v) is 7.93. The molecular formula is C16H16O3S. The number of carbonyl (C=O) groups is 1. The van der Waals surface area contributed by atoms with Gasteiger partial charge in [0.05, 0.1) is 10.6 Å². The number of rotatable bonds is 4. The van der Waals surface area contributed by atoms with Crippen LogP contribution in [-0.2, 0) is 15.6 Å². The van der Waals surface area contributed by atoms with E-state index in [2.05, 4.69) is 0 Å². The molecule has 0 saturated heterocycles. The van der Waals surface area contributed by atoms with Gasteiger partial charge >= 0.3 is 0 Å². The van der Waals surface area contributed by atoms with E-state index >= 15 is 0 Å². The molecule has 0 unspecified atom stereocenters. The highest BCUT2D eigenvalue weighted by molar-refractivity contribution is 7.90. The van der Waals surface area contributed by atoms with Crippen LogP contribution in [0.4, 0.5) is 0 Å². The summed E-state index contributed by atoms with van der Waals surface area (Å²) in [5.41, 5.74) is 2.26. The predicted molar refractivity (Wildman–Crippen MR) is 78.5 cm³/mol. The summed E-state index contributed by atoms with van der Waals surface area (Å²) in [5, 5.41) is 0. The summed E-state index contributed by atoms with van der Waals surface area (Å²) in [6, 6.07) is 13.5. The summed E-state index contributed by atoms with van der Waals surface area (Å²) >= 11 is 0. The Hall–Kier alpha value is -1.94. The molecule has 0 aromatic heterocycles. The third-order valence-corrected chi connectivity index (χ3v) is 4.91. The van der Waals surface area contributed by atoms with Gasteiger partial charge < -0.3 is 0 Å². The molecule has 0 N–H and O–H groups in total. The van der Waals surface area contributed by atoms with Crippen molar-refractivity contribution in [2.75, 3.05) is 0 Å². The molecule has 2 aromatic rings. The summed E-state index contributed by atoms with van der Waals surface area (Å²) in [5.74, 6) is -0.105. The first-order valence-electron chi connectivity index (χ1n) is 6.28. The van der Waals surface area contributed by atoms with Crippen molar-refractivity contribution in [3.05, 3.63) is 65.2 Å². The number of carbonyl (C=O) groups excluding carboxylic acids is 1. The Morgan fingerprint density at radius 2 is 1.60 bits per heavy atom. The van der Waals surface area contributed by atoms with E-state index in [0.29, 0.717) is 5.56 Å². The molecule has 0 aliphatic rings. The molecule has 0 radical (unpaired) electrons. The highest BCUT2D eigenvalue weighted by Gasteiger charge is 2.16. The fourth-order valence-electron chi connectivity index (χ4n) is 1.96. The zero-order valence-corrected chi connectivity index (χ0v) is 12.3. The second kappa shape index (κ2) is 5.59. The molecule has 0 aliphatic carbocycles. The van der Waals surface area contributed by atoms with Crippen molar-refractivity contribution >= 4 is 15.6 Å². The van der Waals surface area contributed by atoms with Gasteiger partial charge in [-0.15, -0.1) is 0 Å². The molecule has 0 bridgehead atoms. The Morgan fingerprint density at radius 1 is 1.00 bits per heavy atom. The summed E-state index contributed by atoms with van der Waals surface area (Å²) < 4.78 is 24.7. The van der Waals surface area contributed by atoms with Gasteiger partial charge in [-0.3, -0.25) is 4.79 Å². The molecule has 0 spiro atoms. The zero-order chi connectivity index (χ0) is 14.8. The fraction of sp³-hybridized carbons (Fsp3) is 0.188. The standard InChI is InChI=1S/C16H16O3S/c1-12-5-3-4-6-15(12)11-20(18,19)16-9-7-14(8-10-16)13(2)17/h3-10H,11H2,1-2H3. The summed E-state index contributed by atoms with van der Waals surface area (Å²) in [4.78, 5) is 11.4. The van der Waals surface area contributed by atoms with Gasteiger partial charge in [0.15, 0.2) is 15.6 Å². The third-order valence-electron chi connectivity index (χ3n) is 3.23. The summed E-state index contributed by atoms with van der Waals surface area (Å²) in [6.45, 7) is 3.35. The topological polar surface area (TPSA) is 51.2 Å². The van der Waals surface area contributed by atoms with Gasteiger partial charge in [0.25, 0.3) is 0 Å². The van der Waals surface area contributed by atoms with Crippen LogP contribution in [0, 0.1) is 6.92 Å². The Labute approximate surface area is 119 Å². The van der Waals surface area contributed by atoms with E-state index < -0.39 is 9.84 Å². The number of sulfone groups is 1. The maximum absolute atomic E-state index is 12.4. The lowest BCUT2D eigenvalue weighted by atomic mass is 10.1. The molecule has 2 aromatic carbocycles. The average molecular weight is 288 g/mol. The second-order valence-corrected chi connectivity index (χ2v) is 6.76. The Bertz CT molecular complexity index is 729. The monoisotopic (exact) mass is 288 g/mol. The van der Waals surface area contributed by atoms with Crippen LogP contribution in [0.1, 0.15) is 28.4 Å². The van der Waals surface area contributed by atoms with Crippen LogP contribution < -0.4 is 0 Å². The van der Waals surface area contributed by atoms with Crippen molar-refractivity contribution in [2.24, 2.45) is 0 Å². The second-order valence-electron chi connectivity index (χ2n) is 4.77. The predicted octanol–water partition coefficient (Wildman–Crippen LogP) is 3.17. The molecule has 104 valence electrons. The van der Waals surface area contributed by atoms with Gasteiger partial charge in [-0.25, -0.2) is 8.42 Å². The molecule has 3 nitrogen and oxygen atoms in total. The summed E-state index contributed by atoms with van der Waals surface area (Å²) in [6.07, 6.45) is 0. The largest absolute Gasteiger partial charge is 0.295 e. The molecular weight excluding hydrogens is 272 g/mol. The van der Waals surface area contributed by atoms with Crippen LogP contribution in [0.25, 0.3) is 0 Å². The van der Waals surface area contributed by atoms with E-state index in [1.807, 2.05) is 31.2 Å². The molecule has 0 amide bonds. The van der Waals surface area contributed by atoms with E-state index in [0.717, 1.165) is 11.1 Å². The number of ketones is 1. The average Bonchev–Trinajstić information content (AvgIpc) is 2.41. The molecule has 0 heterocycles. The maximum Gasteiger partial charge on any atom is 0.182 e. The van der Waals surface area contributed by atoms with Crippen molar-refractivity contribution in [3.63, 3.8) is 0 Å². The van der Waals surface area contributed by atoms with Gasteiger partial charge in [0.1, 0.15) is 0 Å². The highest BCUT2D eigenvalue weighted by atomic mass is 32.2. The van der Waals surface area contributed by atoms with Gasteiger partial charge in [-0.1, -0.05) is 36.4 Å². The molecule has 20 heavy (non-hydrogen) atoms. The van der Waals surface area contributed by atoms with Crippen molar-refractivity contribution in [2.45, 2.75) is 24.5 Å². The van der Waals surface area contributed by atoms with Crippen LogP contribution in [0.15, 0.2) is 53.4 Å². The molecule has 0 atom stereocenters. The van der Waals surface area contributed by atoms with Crippen LogP contribution in [0.3, 0.4) is 0 Å². The Morgan fingerprint density at radius 3 is 2.15 bits per heavy atom. The van der Waals surface area contributed by atoms with Crippen molar-refractivity contribution in [1.82, 2.24) is 0 Å². The van der Waals surface area contributed by atoms with Crippen molar-refractivity contribution < 1.29 is 13.2 Å². The zero-order valence-electron chi connectivity index (χ0n) is 11.5. The molecule has 0 fully saturated rings. The Balaban J connectivity index is 2.31. The van der Waals surface area contributed by atoms with Crippen LogP contribution in [0.5, 0.6) is 0 Å². The lowest BCUT2D eigenvalue weighted by Gasteiger charge is -2.07. The van der Waals surface area contributed by atoms with Crippen LogP contribution >= 0.6 is 0 Å². The quantitative estimate of drug-likeness (QED) is 0.812. The SMILES string of the molecule is CC(=O)c1ccc(S(=O)(=O)Cc2ccccc2C)cc1. The number of benzene rings is 2. The molecule has 0 saturated carbocycles. The molecule has 2 rings (SSSR count). The normalized spacial score (nSPS) is 11.3. The number of aryl methyl sites for hydroxylation is 1. The first kappa shape index (κ1) is 14.5. The van der Waals surface area contributed by atoms with Crippen LogP contribution in [0.2, 0.25) is 0 Å². The van der Waals surface area contributed by atoms with E-state index in [1.165, 1.54) is 19.1 Å². The van der Waals surface area contributed by atoms with Gasteiger partial charge in [-0.2, -0.15) is 0 Å². The number of Topliss-reactive ketones (excluding diaryl/α,β-unsaturated/α-hetero) is 1. The maximum atomic E-state index is 12.4. The fourth-order valence-corrected chi connectivity index (χ4v) is 3.41. The van der Waals surface area contributed by atoms with E-state index in [9.17, 15) is 13.2 Å². The minimum absolute atomic E-state index is 0.0287. The summed E-state index contributed by atoms with van der Waals surface area (Å²) in [7, 11) is -3.39. The van der Waals surface area contributed by atoms with Crippen molar-refractivity contribution in [1.29, 1.82) is 0 Å². The Kier molecular flexibility index (Phi) is 4.04. The number of hydrogen-bond acceptors (Lipinski definition) is 3. The molecule has 0 aliphatic heterocycles. The lowest BCUT2D eigenvalue weighted by molar-refractivity contribution is 0.101. The van der Waals surface area contributed by atoms with Gasteiger partial charge in [-0.05, 0) is 37.1 Å². The third kappa shape index (κ3) is 3.14.